The van der Waals surface area contributed by atoms with Crippen molar-refractivity contribution in [3.8, 4) is 0 Å². The van der Waals surface area contributed by atoms with Crippen LogP contribution in [-0.2, 0) is 0 Å². The molecule has 2 aromatic rings. The molecule has 2 heterocycles. The zero-order valence-corrected chi connectivity index (χ0v) is 13.1. The number of imidazole rings is 1. The smallest absolute Gasteiger partial charge is 0.253 e. The van der Waals surface area contributed by atoms with Crippen LogP contribution in [0.15, 0.2) is 18.6 Å². The molecule has 23 heavy (non-hydrogen) atoms. The Labute approximate surface area is 134 Å². The highest BCUT2D eigenvalue weighted by Crippen LogP contribution is 2.31. The molecular formula is C17H22N4O2. The van der Waals surface area contributed by atoms with E-state index in [0.29, 0.717) is 18.0 Å². The highest BCUT2D eigenvalue weighted by atomic mass is 16.3. The fourth-order valence-corrected chi connectivity index (χ4v) is 3.85. The monoisotopic (exact) mass is 314 g/mol. The molecule has 0 bridgehead atoms. The minimum atomic E-state index is -0.289. The molecule has 0 radical (unpaired) electrons. The quantitative estimate of drug-likeness (QED) is 0.910. The van der Waals surface area contributed by atoms with Gasteiger partial charge < -0.3 is 15.0 Å². The number of nitrogens with zero attached hydrogens (tertiary/aromatic N) is 3. The molecule has 2 aliphatic carbocycles. The van der Waals surface area contributed by atoms with Crippen molar-refractivity contribution in [1.29, 1.82) is 0 Å². The Morgan fingerprint density at radius 3 is 2.78 bits per heavy atom. The standard InChI is InChI=1S/C17H22N4O2/c22-14-6-5-12(8-14)20-17(23)11-7-15-16(18-9-11)21(10-19-15)13-3-1-2-4-13/h7,9-10,12-14,22H,1-6,8H2,(H,20,23)/t12-,14+/m1/s1. The number of hydrogen-bond donors (Lipinski definition) is 2. The summed E-state index contributed by atoms with van der Waals surface area (Å²) in [4.78, 5) is 21.3. The third-order valence-electron chi connectivity index (χ3n) is 5.13. The molecule has 6 heteroatoms. The Balaban J connectivity index is 1.53. The highest BCUT2D eigenvalue weighted by molar-refractivity contribution is 5.96. The van der Waals surface area contributed by atoms with Crippen LogP contribution >= 0.6 is 0 Å². The van der Waals surface area contributed by atoms with Crippen molar-refractivity contribution in [3.63, 3.8) is 0 Å². The van der Waals surface area contributed by atoms with Gasteiger partial charge in [0.1, 0.15) is 5.52 Å². The van der Waals surface area contributed by atoms with Crippen molar-refractivity contribution < 1.29 is 9.90 Å². The number of fused-ring (bicyclic) bond motifs is 1. The lowest BCUT2D eigenvalue weighted by molar-refractivity contribution is 0.0933. The highest BCUT2D eigenvalue weighted by Gasteiger charge is 2.25. The molecule has 2 N–H and O–H groups in total. The van der Waals surface area contributed by atoms with Crippen molar-refractivity contribution in [2.24, 2.45) is 0 Å². The van der Waals surface area contributed by atoms with Crippen molar-refractivity contribution >= 4 is 17.1 Å². The van der Waals surface area contributed by atoms with Crippen molar-refractivity contribution in [3.05, 3.63) is 24.2 Å². The Hall–Kier alpha value is -1.95. The summed E-state index contributed by atoms with van der Waals surface area (Å²) < 4.78 is 2.15. The number of rotatable bonds is 3. The summed E-state index contributed by atoms with van der Waals surface area (Å²) in [5, 5.41) is 12.5. The summed E-state index contributed by atoms with van der Waals surface area (Å²) in [5.41, 5.74) is 2.18. The molecule has 0 spiro atoms. The Morgan fingerprint density at radius 1 is 1.22 bits per heavy atom. The molecule has 0 saturated heterocycles. The Kier molecular flexibility index (Phi) is 3.77. The van der Waals surface area contributed by atoms with Crippen molar-refractivity contribution in [1.82, 2.24) is 19.9 Å². The van der Waals surface area contributed by atoms with Gasteiger partial charge in [-0.2, -0.15) is 0 Å². The van der Waals surface area contributed by atoms with Crippen LogP contribution in [0.3, 0.4) is 0 Å². The molecule has 2 saturated carbocycles. The maximum atomic E-state index is 12.3. The summed E-state index contributed by atoms with van der Waals surface area (Å²) in [6, 6.07) is 2.37. The van der Waals surface area contributed by atoms with Crippen LogP contribution in [0.25, 0.3) is 11.2 Å². The molecule has 2 aliphatic rings. The van der Waals surface area contributed by atoms with Gasteiger partial charge >= 0.3 is 0 Å². The molecule has 0 aromatic carbocycles. The number of aromatic nitrogens is 3. The average Bonchev–Trinajstić information content (AvgIpc) is 3.26. The van der Waals surface area contributed by atoms with Gasteiger partial charge in [0.2, 0.25) is 0 Å². The summed E-state index contributed by atoms with van der Waals surface area (Å²) in [5.74, 6) is -0.131. The van der Waals surface area contributed by atoms with E-state index in [1.54, 1.807) is 6.20 Å². The molecule has 2 atom stereocenters. The normalized spacial score (nSPS) is 25.3. The fourth-order valence-electron chi connectivity index (χ4n) is 3.85. The molecule has 4 rings (SSSR count). The van der Waals surface area contributed by atoms with E-state index in [-0.39, 0.29) is 18.1 Å². The maximum absolute atomic E-state index is 12.3. The summed E-state index contributed by atoms with van der Waals surface area (Å²) in [6.45, 7) is 0. The van der Waals surface area contributed by atoms with Gasteiger partial charge in [-0.3, -0.25) is 4.79 Å². The molecule has 0 unspecified atom stereocenters. The molecule has 0 aliphatic heterocycles. The SMILES string of the molecule is O=C(N[C@@H]1CC[C@H](O)C1)c1cnc2c(c1)ncn2C1CCCC1. The van der Waals surface area contributed by atoms with E-state index >= 15 is 0 Å². The third-order valence-corrected chi connectivity index (χ3v) is 5.13. The summed E-state index contributed by atoms with van der Waals surface area (Å²) in [7, 11) is 0. The number of carbonyl (C=O) groups is 1. The lowest BCUT2D eigenvalue weighted by atomic mass is 10.2. The average molecular weight is 314 g/mol. The van der Waals surface area contributed by atoms with E-state index in [1.807, 2.05) is 12.4 Å². The number of aliphatic hydroxyl groups is 1. The predicted octanol–water partition coefficient (Wildman–Crippen LogP) is 2.19. The predicted molar refractivity (Wildman–Crippen MR) is 86.1 cm³/mol. The van der Waals surface area contributed by atoms with Crippen LogP contribution in [0.5, 0.6) is 0 Å². The van der Waals surface area contributed by atoms with Gasteiger partial charge in [0.05, 0.1) is 18.0 Å². The number of carbonyl (C=O) groups excluding carboxylic acids is 1. The molecule has 1 amide bonds. The first kappa shape index (κ1) is 14.6. The van der Waals surface area contributed by atoms with Crippen LogP contribution in [0, 0.1) is 0 Å². The number of hydrogen-bond acceptors (Lipinski definition) is 4. The molecule has 2 aromatic heterocycles. The topological polar surface area (TPSA) is 80.0 Å². The van der Waals surface area contributed by atoms with E-state index in [4.69, 9.17) is 0 Å². The lowest BCUT2D eigenvalue weighted by Crippen LogP contribution is -2.33. The molecule has 6 nitrogen and oxygen atoms in total. The van der Waals surface area contributed by atoms with E-state index < -0.39 is 0 Å². The first-order valence-corrected chi connectivity index (χ1v) is 8.52. The van der Waals surface area contributed by atoms with Crippen molar-refractivity contribution in [2.75, 3.05) is 0 Å². The van der Waals surface area contributed by atoms with E-state index in [9.17, 15) is 9.90 Å². The van der Waals surface area contributed by atoms with E-state index in [2.05, 4.69) is 19.9 Å². The van der Waals surface area contributed by atoms with Gasteiger partial charge in [-0.25, -0.2) is 9.97 Å². The van der Waals surface area contributed by atoms with Gasteiger partial charge in [0.25, 0.3) is 5.91 Å². The van der Waals surface area contributed by atoms with Gasteiger partial charge in [-0.15, -0.1) is 0 Å². The van der Waals surface area contributed by atoms with Crippen LogP contribution in [0.4, 0.5) is 0 Å². The maximum Gasteiger partial charge on any atom is 0.253 e. The van der Waals surface area contributed by atoms with Crippen molar-refractivity contribution in [2.45, 2.75) is 63.1 Å². The fraction of sp³-hybridized carbons (Fsp3) is 0.588. The first-order chi connectivity index (χ1) is 11.2. The van der Waals surface area contributed by atoms with Crippen LogP contribution < -0.4 is 5.32 Å². The zero-order valence-electron chi connectivity index (χ0n) is 13.1. The van der Waals surface area contributed by atoms with Gasteiger partial charge in [0, 0.05) is 18.3 Å². The molecule has 122 valence electrons. The third kappa shape index (κ3) is 2.83. The lowest BCUT2D eigenvalue weighted by Gasteiger charge is -2.13. The number of amides is 1. The number of pyridine rings is 1. The van der Waals surface area contributed by atoms with Gasteiger partial charge in [0.15, 0.2) is 5.65 Å². The van der Waals surface area contributed by atoms with Crippen LogP contribution in [0.2, 0.25) is 0 Å². The number of aliphatic hydroxyl groups excluding tert-OH is 1. The first-order valence-electron chi connectivity index (χ1n) is 8.52. The largest absolute Gasteiger partial charge is 0.393 e. The van der Waals surface area contributed by atoms with Crippen LogP contribution in [-0.4, -0.2) is 37.7 Å². The minimum absolute atomic E-state index is 0.0595. The van der Waals surface area contributed by atoms with Crippen LogP contribution in [0.1, 0.15) is 61.3 Å². The summed E-state index contributed by atoms with van der Waals surface area (Å²) in [6.07, 6.45) is 10.3. The minimum Gasteiger partial charge on any atom is -0.393 e. The molecule has 2 fully saturated rings. The summed E-state index contributed by atoms with van der Waals surface area (Å²) >= 11 is 0. The number of nitrogens with one attached hydrogen (secondary N) is 1. The molecular weight excluding hydrogens is 292 g/mol. The van der Waals surface area contributed by atoms with E-state index in [1.165, 1.54) is 25.7 Å². The van der Waals surface area contributed by atoms with E-state index in [0.717, 1.165) is 24.0 Å². The second-order valence-electron chi connectivity index (χ2n) is 6.79. The van der Waals surface area contributed by atoms with Gasteiger partial charge in [-0.1, -0.05) is 12.8 Å². The Morgan fingerprint density at radius 2 is 2.04 bits per heavy atom. The zero-order chi connectivity index (χ0) is 15.8. The van der Waals surface area contributed by atoms with Gasteiger partial charge in [-0.05, 0) is 38.2 Å². The Bertz CT molecular complexity index is 720. The second-order valence-corrected chi connectivity index (χ2v) is 6.79. The second kappa shape index (κ2) is 5.92.